The van der Waals surface area contributed by atoms with Gasteiger partial charge < -0.3 is 10.2 Å². The number of aryl methyl sites for hydroxylation is 1. The van der Waals surface area contributed by atoms with Gasteiger partial charge >= 0.3 is 0 Å². The SMILES string of the molecule is Cc1cc(F)ccc1NC(=O)C1CCCN(C(=O)C2CC(c3ccncc3)NN2)C1. The average molecular weight is 411 g/mol. The van der Waals surface area contributed by atoms with E-state index in [0.717, 1.165) is 18.4 Å². The third kappa shape index (κ3) is 4.49. The van der Waals surface area contributed by atoms with Crippen LogP contribution in [0.25, 0.3) is 0 Å². The molecule has 158 valence electrons. The number of hydrazine groups is 1. The van der Waals surface area contributed by atoms with Crippen molar-refractivity contribution in [3.63, 3.8) is 0 Å². The lowest BCUT2D eigenvalue weighted by Gasteiger charge is -2.33. The van der Waals surface area contributed by atoms with Gasteiger partial charge in [-0.1, -0.05) is 0 Å². The molecule has 0 spiro atoms. The predicted octanol–water partition coefficient (Wildman–Crippen LogP) is 2.31. The van der Waals surface area contributed by atoms with Crippen molar-refractivity contribution in [2.75, 3.05) is 18.4 Å². The van der Waals surface area contributed by atoms with Gasteiger partial charge in [0.15, 0.2) is 0 Å². The number of piperidine rings is 1. The lowest BCUT2D eigenvalue weighted by Crippen LogP contribution is -2.50. The molecule has 3 unspecified atom stereocenters. The molecule has 7 nitrogen and oxygen atoms in total. The molecule has 3 heterocycles. The van der Waals surface area contributed by atoms with Crippen molar-refractivity contribution in [1.82, 2.24) is 20.7 Å². The van der Waals surface area contributed by atoms with Gasteiger partial charge in [-0.05, 0) is 67.6 Å². The predicted molar refractivity (Wildman–Crippen MR) is 111 cm³/mol. The number of likely N-dealkylation sites (tertiary alicyclic amines) is 1. The largest absolute Gasteiger partial charge is 0.341 e. The number of anilines is 1. The molecular weight excluding hydrogens is 385 g/mol. The number of nitrogens with one attached hydrogen (secondary N) is 3. The minimum atomic E-state index is -0.331. The minimum absolute atomic E-state index is 0.00881. The Bertz CT molecular complexity index is 923. The van der Waals surface area contributed by atoms with E-state index in [1.165, 1.54) is 12.1 Å². The first-order chi connectivity index (χ1) is 14.5. The molecule has 0 aliphatic carbocycles. The highest BCUT2D eigenvalue weighted by atomic mass is 19.1. The van der Waals surface area contributed by atoms with Gasteiger partial charge in [-0.2, -0.15) is 0 Å². The number of carbonyl (C=O) groups excluding carboxylic acids is 2. The molecule has 30 heavy (non-hydrogen) atoms. The first kappa shape index (κ1) is 20.4. The Morgan fingerprint density at radius 3 is 2.77 bits per heavy atom. The van der Waals surface area contributed by atoms with Crippen molar-refractivity contribution in [3.05, 3.63) is 59.7 Å². The zero-order chi connectivity index (χ0) is 21.1. The maximum atomic E-state index is 13.3. The van der Waals surface area contributed by atoms with Crippen molar-refractivity contribution in [3.8, 4) is 0 Å². The summed E-state index contributed by atoms with van der Waals surface area (Å²) in [5.41, 5.74) is 8.65. The van der Waals surface area contributed by atoms with E-state index < -0.39 is 0 Å². The van der Waals surface area contributed by atoms with Crippen LogP contribution in [-0.4, -0.2) is 40.8 Å². The molecule has 2 saturated heterocycles. The van der Waals surface area contributed by atoms with E-state index >= 15 is 0 Å². The Morgan fingerprint density at radius 1 is 1.20 bits per heavy atom. The second kappa shape index (κ2) is 8.89. The van der Waals surface area contributed by atoms with Gasteiger partial charge in [-0.15, -0.1) is 0 Å². The molecule has 2 aliphatic heterocycles. The molecule has 0 radical (unpaired) electrons. The molecular formula is C22H26FN5O2. The van der Waals surface area contributed by atoms with Gasteiger partial charge in [0.1, 0.15) is 11.9 Å². The fraction of sp³-hybridized carbons (Fsp3) is 0.409. The van der Waals surface area contributed by atoms with Crippen molar-refractivity contribution in [2.45, 2.75) is 38.3 Å². The number of halogens is 1. The smallest absolute Gasteiger partial charge is 0.241 e. The summed E-state index contributed by atoms with van der Waals surface area (Å²) in [6.07, 6.45) is 5.63. The molecule has 3 N–H and O–H groups in total. The fourth-order valence-corrected chi connectivity index (χ4v) is 4.15. The van der Waals surface area contributed by atoms with E-state index in [2.05, 4.69) is 21.2 Å². The van der Waals surface area contributed by atoms with E-state index in [-0.39, 0.29) is 35.6 Å². The monoisotopic (exact) mass is 411 g/mol. The number of carbonyl (C=O) groups is 2. The van der Waals surface area contributed by atoms with Crippen LogP contribution < -0.4 is 16.2 Å². The van der Waals surface area contributed by atoms with Gasteiger partial charge in [-0.25, -0.2) is 15.2 Å². The first-order valence-corrected chi connectivity index (χ1v) is 10.3. The minimum Gasteiger partial charge on any atom is -0.341 e. The second-order valence-electron chi connectivity index (χ2n) is 7.98. The van der Waals surface area contributed by atoms with Crippen molar-refractivity contribution < 1.29 is 14.0 Å². The van der Waals surface area contributed by atoms with E-state index in [1.54, 1.807) is 30.3 Å². The summed E-state index contributed by atoms with van der Waals surface area (Å²) in [6.45, 7) is 2.80. The van der Waals surface area contributed by atoms with Crippen LogP contribution >= 0.6 is 0 Å². The van der Waals surface area contributed by atoms with Gasteiger partial charge in [0.2, 0.25) is 11.8 Å². The van der Waals surface area contributed by atoms with Crippen LogP contribution in [0.5, 0.6) is 0 Å². The number of amides is 2. The van der Waals surface area contributed by atoms with Crippen LogP contribution in [0.2, 0.25) is 0 Å². The summed E-state index contributed by atoms with van der Waals surface area (Å²) in [6, 6.07) is 7.88. The Labute approximate surface area is 175 Å². The first-order valence-electron chi connectivity index (χ1n) is 10.3. The van der Waals surface area contributed by atoms with E-state index in [4.69, 9.17) is 0 Å². The molecule has 2 aromatic rings. The maximum absolute atomic E-state index is 13.3. The quantitative estimate of drug-likeness (QED) is 0.719. The Balaban J connectivity index is 1.35. The lowest BCUT2D eigenvalue weighted by molar-refractivity contribution is -0.136. The van der Waals surface area contributed by atoms with E-state index in [1.807, 2.05) is 12.1 Å². The second-order valence-corrected chi connectivity index (χ2v) is 7.98. The van der Waals surface area contributed by atoms with Crippen LogP contribution in [0.15, 0.2) is 42.7 Å². The average Bonchev–Trinajstić information content (AvgIpc) is 3.26. The number of aromatic nitrogens is 1. The Kier molecular flexibility index (Phi) is 6.06. The molecule has 1 aromatic heterocycles. The zero-order valence-electron chi connectivity index (χ0n) is 16.9. The highest BCUT2D eigenvalue weighted by Crippen LogP contribution is 2.25. The molecule has 0 saturated carbocycles. The third-order valence-corrected chi connectivity index (χ3v) is 5.86. The summed E-state index contributed by atoms with van der Waals surface area (Å²) in [4.78, 5) is 31.6. The summed E-state index contributed by atoms with van der Waals surface area (Å²) in [5.74, 6) is -0.732. The van der Waals surface area contributed by atoms with Crippen LogP contribution in [0.4, 0.5) is 10.1 Å². The zero-order valence-corrected chi connectivity index (χ0v) is 16.9. The lowest BCUT2D eigenvalue weighted by atomic mass is 9.95. The highest BCUT2D eigenvalue weighted by molar-refractivity contribution is 5.94. The molecule has 0 bridgehead atoms. The van der Waals surface area contributed by atoms with Crippen molar-refractivity contribution in [1.29, 1.82) is 0 Å². The fourth-order valence-electron chi connectivity index (χ4n) is 4.15. The molecule has 2 aliphatic rings. The number of rotatable bonds is 4. The Morgan fingerprint density at radius 2 is 2.00 bits per heavy atom. The van der Waals surface area contributed by atoms with Crippen LogP contribution in [0, 0.1) is 18.7 Å². The summed E-state index contributed by atoms with van der Waals surface area (Å²) in [7, 11) is 0. The third-order valence-electron chi connectivity index (χ3n) is 5.86. The molecule has 1 aromatic carbocycles. The van der Waals surface area contributed by atoms with Crippen LogP contribution in [0.1, 0.15) is 36.4 Å². The maximum Gasteiger partial charge on any atom is 0.241 e. The van der Waals surface area contributed by atoms with Crippen molar-refractivity contribution in [2.24, 2.45) is 5.92 Å². The standard InChI is InChI=1S/C22H26FN5O2/c1-14-11-17(23)4-5-18(14)25-21(29)16-3-2-10-28(13-16)22(30)20-12-19(26-27-20)15-6-8-24-9-7-15/h4-9,11,16,19-20,26-27H,2-3,10,12-13H2,1H3,(H,25,29). The van der Waals surface area contributed by atoms with E-state index in [0.29, 0.717) is 30.8 Å². The molecule has 3 atom stereocenters. The van der Waals surface area contributed by atoms with Crippen LogP contribution in [-0.2, 0) is 9.59 Å². The molecule has 4 rings (SSSR count). The Hall–Kier alpha value is -2.84. The topological polar surface area (TPSA) is 86.4 Å². The number of pyridine rings is 1. The number of hydrogen-bond acceptors (Lipinski definition) is 5. The molecule has 8 heteroatoms. The number of nitrogens with zero attached hydrogens (tertiary/aromatic N) is 2. The molecule has 2 amide bonds. The van der Waals surface area contributed by atoms with Gasteiger partial charge in [0.25, 0.3) is 0 Å². The number of hydrogen-bond donors (Lipinski definition) is 3. The van der Waals surface area contributed by atoms with Gasteiger partial charge in [0, 0.05) is 37.2 Å². The van der Waals surface area contributed by atoms with Crippen LogP contribution in [0.3, 0.4) is 0 Å². The summed E-state index contributed by atoms with van der Waals surface area (Å²) < 4.78 is 13.3. The van der Waals surface area contributed by atoms with Gasteiger partial charge in [0.05, 0.1) is 5.92 Å². The van der Waals surface area contributed by atoms with Crippen molar-refractivity contribution >= 4 is 17.5 Å². The summed E-state index contributed by atoms with van der Waals surface area (Å²) in [5, 5.41) is 2.89. The van der Waals surface area contributed by atoms with E-state index in [9.17, 15) is 14.0 Å². The highest BCUT2D eigenvalue weighted by Gasteiger charge is 2.36. The normalized spacial score (nSPS) is 23.9. The summed E-state index contributed by atoms with van der Waals surface area (Å²) >= 11 is 0. The van der Waals surface area contributed by atoms with Gasteiger partial charge in [-0.3, -0.25) is 14.6 Å². The molecule has 2 fully saturated rings. The number of benzene rings is 1.